The van der Waals surface area contributed by atoms with Crippen LogP contribution in [0, 0.1) is 6.92 Å². The predicted octanol–water partition coefficient (Wildman–Crippen LogP) is 5.56. The monoisotopic (exact) mass is 231 g/mol. The summed E-state index contributed by atoms with van der Waals surface area (Å²) in [5.41, 5.74) is 3.76. The second-order valence-electron chi connectivity index (χ2n) is 3.21. The highest BCUT2D eigenvalue weighted by molar-refractivity contribution is 5.86. The van der Waals surface area contributed by atoms with E-state index in [0.717, 1.165) is 0 Å². The zero-order valence-electron chi connectivity index (χ0n) is 12.0. The van der Waals surface area contributed by atoms with Crippen LogP contribution in [0.2, 0.25) is 0 Å². The van der Waals surface area contributed by atoms with Gasteiger partial charge in [0.05, 0.1) is 0 Å². The molecule has 0 radical (unpaired) electrons. The lowest BCUT2D eigenvalue weighted by Crippen LogP contribution is -1.72. The van der Waals surface area contributed by atoms with Crippen molar-refractivity contribution in [1.29, 1.82) is 0 Å². The number of H-pyrrole nitrogens is 1. The Labute approximate surface area is 106 Å². The summed E-state index contributed by atoms with van der Waals surface area (Å²) in [6.07, 6.45) is 4.16. The molecule has 0 bridgehead atoms. The van der Waals surface area contributed by atoms with E-state index in [9.17, 15) is 0 Å². The smallest absolute Gasteiger partial charge is 0.0461 e. The van der Waals surface area contributed by atoms with Crippen LogP contribution < -0.4 is 0 Å². The van der Waals surface area contributed by atoms with Crippen molar-refractivity contribution in [2.24, 2.45) is 0 Å². The molecule has 1 heterocycles. The SMILES string of the molecule is C/C=C\c1[nH]c2ccccc2c1C.CC.CC. The van der Waals surface area contributed by atoms with E-state index in [0.29, 0.717) is 0 Å². The summed E-state index contributed by atoms with van der Waals surface area (Å²) < 4.78 is 0. The van der Waals surface area contributed by atoms with Gasteiger partial charge in [-0.2, -0.15) is 0 Å². The van der Waals surface area contributed by atoms with Crippen LogP contribution in [-0.2, 0) is 0 Å². The predicted molar refractivity (Wildman–Crippen MR) is 80.4 cm³/mol. The number of aromatic nitrogens is 1. The van der Waals surface area contributed by atoms with E-state index >= 15 is 0 Å². The summed E-state index contributed by atoms with van der Waals surface area (Å²) in [6.45, 7) is 12.2. The highest BCUT2D eigenvalue weighted by Gasteiger charge is 2.02. The Morgan fingerprint density at radius 3 is 2.12 bits per heavy atom. The number of fused-ring (bicyclic) bond motifs is 1. The van der Waals surface area contributed by atoms with Gasteiger partial charge in [0.25, 0.3) is 0 Å². The van der Waals surface area contributed by atoms with E-state index in [1.807, 2.05) is 34.6 Å². The van der Waals surface area contributed by atoms with Crippen LogP contribution in [0.25, 0.3) is 17.0 Å². The summed E-state index contributed by atoms with van der Waals surface area (Å²) in [5, 5.41) is 1.32. The van der Waals surface area contributed by atoms with Gasteiger partial charge in [0.1, 0.15) is 0 Å². The molecule has 0 aliphatic carbocycles. The van der Waals surface area contributed by atoms with Crippen LogP contribution >= 0.6 is 0 Å². The second-order valence-corrected chi connectivity index (χ2v) is 3.21. The van der Waals surface area contributed by atoms with Crippen molar-refractivity contribution in [1.82, 2.24) is 4.98 Å². The molecule has 1 heteroatoms. The number of hydrogen-bond acceptors (Lipinski definition) is 0. The van der Waals surface area contributed by atoms with Crippen LogP contribution in [0.4, 0.5) is 0 Å². The maximum absolute atomic E-state index is 3.38. The van der Waals surface area contributed by atoms with E-state index in [-0.39, 0.29) is 0 Å². The van der Waals surface area contributed by atoms with Gasteiger partial charge in [-0.3, -0.25) is 0 Å². The lowest BCUT2D eigenvalue weighted by Gasteiger charge is -1.89. The number of rotatable bonds is 1. The van der Waals surface area contributed by atoms with Crippen LogP contribution in [0.5, 0.6) is 0 Å². The van der Waals surface area contributed by atoms with Crippen LogP contribution in [0.1, 0.15) is 45.9 Å². The minimum absolute atomic E-state index is 1.21. The highest BCUT2D eigenvalue weighted by Crippen LogP contribution is 2.21. The zero-order chi connectivity index (χ0) is 13.3. The quantitative estimate of drug-likeness (QED) is 0.661. The maximum atomic E-state index is 3.38. The summed E-state index contributed by atoms with van der Waals surface area (Å²) in [7, 11) is 0. The van der Waals surface area contributed by atoms with Crippen molar-refractivity contribution in [2.45, 2.75) is 41.5 Å². The number of allylic oxidation sites excluding steroid dienone is 1. The Balaban J connectivity index is 0.000000581. The molecular formula is C16H25N. The third-order valence-electron chi connectivity index (χ3n) is 2.34. The number of hydrogen-bond donors (Lipinski definition) is 1. The lowest BCUT2D eigenvalue weighted by molar-refractivity contribution is 1.37. The summed E-state index contributed by atoms with van der Waals surface area (Å²) in [4.78, 5) is 3.38. The Morgan fingerprint density at radius 2 is 1.59 bits per heavy atom. The fourth-order valence-electron chi connectivity index (χ4n) is 1.64. The third kappa shape index (κ3) is 3.77. The molecule has 94 valence electrons. The summed E-state index contributed by atoms with van der Waals surface area (Å²) >= 11 is 0. The van der Waals surface area contributed by atoms with Gasteiger partial charge in [-0.05, 0) is 31.6 Å². The molecule has 0 saturated heterocycles. The molecule has 0 saturated carbocycles. The van der Waals surface area contributed by atoms with E-state index < -0.39 is 0 Å². The van der Waals surface area contributed by atoms with Gasteiger partial charge < -0.3 is 4.98 Å². The van der Waals surface area contributed by atoms with Crippen molar-refractivity contribution in [3.63, 3.8) is 0 Å². The molecule has 1 aromatic carbocycles. The molecule has 0 aliphatic rings. The van der Waals surface area contributed by atoms with Crippen molar-refractivity contribution in [2.75, 3.05) is 0 Å². The molecule has 0 fully saturated rings. The van der Waals surface area contributed by atoms with Crippen molar-refractivity contribution < 1.29 is 0 Å². The maximum Gasteiger partial charge on any atom is 0.0461 e. The Bertz CT molecular complexity index is 449. The first-order valence-corrected chi connectivity index (χ1v) is 6.53. The van der Waals surface area contributed by atoms with E-state index in [1.54, 1.807) is 0 Å². The third-order valence-corrected chi connectivity index (χ3v) is 2.34. The molecule has 2 rings (SSSR count). The number of para-hydroxylation sites is 1. The molecule has 0 unspecified atom stereocenters. The van der Waals surface area contributed by atoms with E-state index in [1.165, 1.54) is 22.2 Å². The van der Waals surface area contributed by atoms with Crippen LogP contribution in [-0.4, -0.2) is 4.98 Å². The Morgan fingerprint density at radius 1 is 1.00 bits per heavy atom. The number of nitrogens with one attached hydrogen (secondary N) is 1. The average molecular weight is 231 g/mol. The van der Waals surface area contributed by atoms with Gasteiger partial charge in [-0.1, -0.05) is 52.0 Å². The Hall–Kier alpha value is -1.50. The molecular weight excluding hydrogens is 206 g/mol. The second kappa shape index (κ2) is 8.63. The van der Waals surface area contributed by atoms with Crippen LogP contribution in [0.15, 0.2) is 30.3 Å². The van der Waals surface area contributed by atoms with Crippen LogP contribution in [0.3, 0.4) is 0 Å². The van der Waals surface area contributed by atoms with Gasteiger partial charge in [0, 0.05) is 16.6 Å². The van der Waals surface area contributed by atoms with Gasteiger partial charge in [-0.15, -0.1) is 0 Å². The fraction of sp³-hybridized carbons (Fsp3) is 0.375. The van der Waals surface area contributed by atoms with Gasteiger partial charge in [-0.25, -0.2) is 0 Å². The standard InChI is InChI=1S/C12H13N.2C2H6/c1-3-6-11-9(2)10-7-4-5-8-12(10)13-11;2*1-2/h3-8,13H,1-2H3;2*1-2H3/b6-3-;;. The number of benzene rings is 1. The minimum atomic E-state index is 1.21. The number of aromatic amines is 1. The van der Waals surface area contributed by atoms with Gasteiger partial charge in [0.15, 0.2) is 0 Å². The average Bonchev–Trinajstić information content (AvgIpc) is 2.73. The molecule has 17 heavy (non-hydrogen) atoms. The highest BCUT2D eigenvalue weighted by atomic mass is 14.7. The summed E-state index contributed by atoms with van der Waals surface area (Å²) in [6, 6.07) is 8.38. The number of aryl methyl sites for hydroxylation is 1. The van der Waals surface area contributed by atoms with Gasteiger partial charge in [0.2, 0.25) is 0 Å². The van der Waals surface area contributed by atoms with Crippen molar-refractivity contribution in [3.8, 4) is 0 Å². The molecule has 1 aromatic heterocycles. The van der Waals surface area contributed by atoms with Crippen molar-refractivity contribution in [3.05, 3.63) is 41.6 Å². The molecule has 0 amide bonds. The largest absolute Gasteiger partial charge is 0.355 e. The first-order chi connectivity index (χ1) is 8.33. The minimum Gasteiger partial charge on any atom is -0.355 e. The zero-order valence-corrected chi connectivity index (χ0v) is 12.0. The molecule has 2 aromatic rings. The van der Waals surface area contributed by atoms with Gasteiger partial charge >= 0.3 is 0 Å². The Kier molecular flexibility index (Phi) is 7.87. The first kappa shape index (κ1) is 15.5. The molecule has 0 atom stereocenters. The first-order valence-electron chi connectivity index (χ1n) is 6.53. The molecule has 1 N–H and O–H groups in total. The molecule has 1 nitrogen and oxygen atoms in total. The van der Waals surface area contributed by atoms with E-state index in [4.69, 9.17) is 0 Å². The molecule has 0 aliphatic heterocycles. The summed E-state index contributed by atoms with van der Waals surface area (Å²) in [5.74, 6) is 0. The van der Waals surface area contributed by atoms with E-state index in [2.05, 4.69) is 48.3 Å². The molecule has 0 spiro atoms. The fourth-order valence-corrected chi connectivity index (χ4v) is 1.64. The topological polar surface area (TPSA) is 15.8 Å². The van der Waals surface area contributed by atoms with Crippen molar-refractivity contribution >= 4 is 17.0 Å². The normalized spacial score (nSPS) is 9.53. The lowest BCUT2D eigenvalue weighted by atomic mass is 10.1.